The zero-order valence-corrected chi connectivity index (χ0v) is 36.0. The molecule has 60 heavy (non-hydrogen) atoms. The zero-order chi connectivity index (χ0) is 43.7. The summed E-state index contributed by atoms with van der Waals surface area (Å²) in [5, 5.41) is 15.9. The summed E-state index contributed by atoms with van der Waals surface area (Å²) < 4.78 is 12.2. The molecular formula is C47H64N6O7. The van der Waals surface area contributed by atoms with E-state index in [9.17, 15) is 19.5 Å². The van der Waals surface area contributed by atoms with Gasteiger partial charge in [-0.25, -0.2) is 9.78 Å². The minimum atomic E-state index is -1.71. The Morgan fingerprint density at radius 1 is 0.883 bits per heavy atom. The van der Waals surface area contributed by atoms with Crippen molar-refractivity contribution in [1.82, 2.24) is 25.1 Å². The number of carbonyl (C=O) groups excluding carboxylic acids is 4. The van der Waals surface area contributed by atoms with Crippen LogP contribution < -0.4 is 11.1 Å². The fourth-order valence-electron chi connectivity index (χ4n) is 7.44. The molecule has 324 valence electrons. The van der Waals surface area contributed by atoms with Gasteiger partial charge >= 0.3 is 6.09 Å². The molecule has 3 aromatic carbocycles. The van der Waals surface area contributed by atoms with E-state index in [4.69, 9.17) is 15.2 Å². The van der Waals surface area contributed by atoms with Crippen molar-refractivity contribution >= 4 is 23.8 Å². The van der Waals surface area contributed by atoms with E-state index in [-0.39, 0.29) is 63.8 Å². The molecule has 0 radical (unpaired) electrons. The highest BCUT2D eigenvalue weighted by atomic mass is 16.6. The molecule has 13 nitrogen and oxygen atoms in total. The highest BCUT2D eigenvalue weighted by Crippen LogP contribution is 2.35. The first kappa shape index (κ1) is 47.2. The van der Waals surface area contributed by atoms with Gasteiger partial charge in [0.2, 0.25) is 17.7 Å². The van der Waals surface area contributed by atoms with Crippen molar-refractivity contribution in [3.63, 3.8) is 0 Å². The number of nitrogens with one attached hydrogen (secondary N) is 2. The second-order valence-corrected chi connectivity index (χ2v) is 16.8. The number of hydrogen-bond donors (Lipinski definition) is 4. The van der Waals surface area contributed by atoms with Crippen LogP contribution in [0.2, 0.25) is 0 Å². The minimum Gasteiger partial charge on any atom is -0.444 e. The van der Waals surface area contributed by atoms with Gasteiger partial charge in [-0.1, -0.05) is 118 Å². The van der Waals surface area contributed by atoms with Gasteiger partial charge in [0.05, 0.1) is 36.9 Å². The predicted octanol–water partition coefficient (Wildman–Crippen LogP) is 6.35. The molecule has 5 N–H and O–H groups in total. The maximum Gasteiger partial charge on any atom is 0.408 e. The number of aromatic amines is 1. The summed E-state index contributed by atoms with van der Waals surface area (Å²) >= 11 is 0. The molecule has 1 aromatic heterocycles. The lowest BCUT2D eigenvalue weighted by atomic mass is 9.79. The Morgan fingerprint density at radius 2 is 1.48 bits per heavy atom. The molecule has 0 aliphatic heterocycles. The lowest BCUT2D eigenvalue weighted by Crippen LogP contribution is -2.71. The van der Waals surface area contributed by atoms with Crippen LogP contribution in [0.4, 0.5) is 4.79 Å². The Labute approximate surface area is 355 Å². The van der Waals surface area contributed by atoms with E-state index < -0.39 is 47.2 Å². The van der Waals surface area contributed by atoms with Gasteiger partial charge in [0.25, 0.3) is 0 Å². The molecule has 0 bridgehead atoms. The number of carbonyl (C=O) groups is 4. The van der Waals surface area contributed by atoms with Crippen LogP contribution in [0.3, 0.4) is 0 Å². The number of nitrogens with two attached hydrogens (primary N) is 1. The first-order valence-electron chi connectivity index (χ1n) is 20.9. The van der Waals surface area contributed by atoms with Crippen molar-refractivity contribution in [3.8, 4) is 0 Å². The number of aliphatic hydroxyl groups excluding tert-OH is 1. The number of ether oxygens (including phenoxy) is 2. The summed E-state index contributed by atoms with van der Waals surface area (Å²) in [5.41, 5.74) is 6.58. The number of primary amides is 1. The molecule has 13 heteroatoms. The summed E-state index contributed by atoms with van der Waals surface area (Å²) in [5.74, 6) is -1.92. The van der Waals surface area contributed by atoms with E-state index in [0.29, 0.717) is 12.1 Å². The molecule has 4 rings (SSSR count). The molecule has 0 aliphatic rings. The molecule has 4 amide bonds. The van der Waals surface area contributed by atoms with Crippen LogP contribution in [0.5, 0.6) is 0 Å². The molecule has 1 heterocycles. The van der Waals surface area contributed by atoms with E-state index in [1.54, 1.807) is 31.9 Å². The first-order valence-corrected chi connectivity index (χ1v) is 20.9. The number of H-pyrrole nitrogens is 1. The molecule has 1 unspecified atom stereocenters. The van der Waals surface area contributed by atoms with Crippen LogP contribution in [0.15, 0.2) is 104 Å². The monoisotopic (exact) mass is 824 g/mol. The first-order chi connectivity index (χ1) is 28.6. The molecule has 0 saturated carbocycles. The predicted molar refractivity (Wildman–Crippen MR) is 231 cm³/mol. The van der Waals surface area contributed by atoms with E-state index in [2.05, 4.69) is 15.3 Å². The summed E-state index contributed by atoms with van der Waals surface area (Å²) in [6.07, 6.45) is 2.44. The van der Waals surface area contributed by atoms with Crippen LogP contribution in [0.1, 0.15) is 89.6 Å². The largest absolute Gasteiger partial charge is 0.444 e. The third kappa shape index (κ3) is 14.3. The number of benzene rings is 3. The van der Waals surface area contributed by atoms with Crippen LogP contribution in [0.25, 0.3) is 0 Å². The van der Waals surface area contributed by atoms with E-state index in [0.717, 1.165) is 23.1 Å². The average Bonchev–Trinajstić information content (AvgIpc) is 3.72. The number of rotatable bonds is 23. The standard InChI is InChI=1S/C47H64N6O7/c1-7-8-24-42(55)52(29-36-20-14-10-15-21-36)30-41(54)47(27-34(2)3,32-59-31-37-22-16-11-17-23-37)53(40(43(48)56)26-38-28-49-33-50-38)44(57)39(25-35-18-12-9-13-19-35)51-45(58)60-46(4,5)6/h9-23,28,33-34,39-41,54H,7-8,24-27,29-32H2,1-6H3,(H2,48,56)(H,49,50)(H,51,58)/t39-,40-,41-,47?/m0/s1. The lowest BCUT2D eigenvalue weighted by Gasteiger charge is -2.51. The second-order valence-electron chi connectivity index (χ2n) is 16.8. The fourth-order valence-corrected chi connectivity index (χ4v) is 7.44. The number of aromatic nitrogens is 2. The van der Waals surface area contributed by atoms with Crippen molar-refractivity contribution in [2.75, 3.05) is 13.2 Å². The highest BCUT2D eigenvalue weighted by Gasteiger charge is 2.53. The smallest absolute Gasteiger partial charge is 0.408 e. The Morgan fingerprint density at radius 3 is 2.02 bits per heavy atom. The topological polar surface area (TPSA) is 180 Å². The second kappa shape index (κ2) is 22.7. The summed E-state index contributed by atoms with van der Waals surface area (Å²) in [6, 6.07) is 25.4. The van der Waals surface area contributed by atoms with Gasteiger partial charge in [0, 0.05) is 38.5 Å². The highest BCUT2D eigenvalue weighted by molar-refractivity contribution is 5.92. The summed E-state index contributed by atoms with van der Waals surface area (Å²) in [7, 11) is 0. The Bertz CT molecular complexity index is 1900. The maximum absolute atomic E-state index is 15.8. The average molecular weight is 825 g/mol. The zero-order valence-electron chi connectivity index (χ0n) is 36.0. The van der Waals surface area contributed by atoms with Crippen molar-refractivity contribution in [1.29, 1.82) is 0 Å². The van der Waals surface area contributed by atoms with Crippen molar-refractivity contribution in [3.05, 3.63) is 126 Å². The van der Waals surface area contributed by atoms with Crippen molar-refractivity contribution in [2.24, 2.45) is 11.7 Å². The number of alkyl carbamates (subject to hydrolysis) is 1. The van der Waals surface area contributed by atoms with Gasteiger partial charge in [0.15, 0.2) is 0 Å². The van der Waals surface area contributed by atoms with Crippen LogP contribution in [0, 0.1) is 5.92 Å². The van der Waals surface area contributed by atoms with E-state index in [1.165, 1.54) is 11.2 Å². The van der Waals surface area contributed by atoms with Gasteiger partial charge in [-0.15, -0.1) is 0 Å². The van der Waals surface area contributed by atoms with Crippen molar-refractivity contribution < 1.29 is 33.8 Å². The van der Waals surface area contributed by atoms with Gasteiger partial charge in [-0.3, -0.25) is 14.4 Å². The van der Waals surface area contributed by atoms with Crippen LogP contribution >= 0.6 is 0 Å². The quantitative estimate of drug-likeness (QED) is 0.0668. The Balaban J connectivity index is 1.97. The molecule has 4 atom stereocenters. The third-order valence-electron chi connectivity index (χ3n) is 10.1. The van der Waals surface area contributed by atoms with Gasteiger partial charge in [0.1, 0.15) is 17.7 Å². The SMILES string of the molecule is CCCCC(=O)N(Cc1ccccc1)C[C@H](O)C(COCc1ccccc1)(CC(C)C)N(C(=O)[C@H](Cc1ccccc1)NC(=O)OC(C)(C)C)[C@@H](Cc1c[nH]cn1)C(N)=O. The Kier molecular flexibility index (Phi) is 17.9. The molecule has 0 aliphatic carbocycles. The maximum atomic E-state index is 15.8. The molecule has 0 spiro atoms. The summed E-state index contributed by atoms with van der Waals surface area (Å²) in [4.78, 5) is 67.7. The normalized spacial score (nSPS) is 14.1. The van der Waals surface area contributed by atoms with Crippen LogP contribution in [-0.2, 0) is 49.9 Å². The van der Waals surface area contributed by atoms with Gasteiger partial charge in [-0.05, 0) is 56.2 Å². The van der Waals surface area contributed by atoms with Gasteiger partial charge < -0.3 is 40.4 Å². The van der Waals surface area contributed by atoms with Crippen molar-refractivity contribution in [2.45, 2.75) is 123 Å². The van der Waals surface area contributed by atoms with Gasteiger partial charge in [-0.2, -0.15) is 0 Å². The molecule has 4 aromatic rings. The number of amides is 4. The fraction of sp³-hybridized carbons (Fsp3) is 0.468. The van der Waals surface area contributed by atoms with E-state index in [1.807, 2.05) is 112 Å². The number of hydrogen-bond acceptors (Lipinski definition) is 8. The number of unbranched alkanes of at least 4 members (excludes halogenated alkanes) is 1. The lowest BCUT2D eigenvalue weighted by molar-refractivity contribution is -0.168. The number of nitrogens with zero attached hydrogens (tertiary/aromatic N) is 3. The number of imidazole rings is 1. The van der Waals surface area contributed by atoms with Crippen LogP contribution in [-0.4, -0.2) is 91.2 Å². The summed E-state index contributed by atoms with van der Waals surface area (Å²) in [6.45, 7) is 10.9. The Hall–Kier alpha value is -5.53. The molecule has 0 saturated heterocycles. The third-order valence-corrected chi connectivity index (χ3v) is 10.1. The minimum absolute atomic E-state index is 0.0116. The number of aliphatic hydroxyl groups is 1. The van der Waals surface area contributed by atoms with E-state index >= 15 is 4.79 Å². The molecule has 0 fully saturated rings. The molecular weight excluding hydrogens is 761 g/mol.